The van der Waals surface area contributed by atoms with Crippen molar-refractivity contribution in [2.75, 3.05) is 0 Å². The van der Waals surface area contributed by atoms with Crippen molar-refractivity contribution in [3.63, 3.8) is 0 Å². The van der Waals surface area contributed by atoms with Crippen molar-refractivity contribution in [3.05, 3.63) is 0 Å². The molecule has 0 aliphatic heterocycles. The van der Waals surface area contributed by atoms with Crippen molar-refractivity contribution in [1.29, 1.82) is 0 Å². The van der Waals surface area contributed by atoms with Gasteiger partial charge < -0.3 is 142 Å². The molecule has 0 amide bonds. The summed E-state index contributed by atoms with van der Waals surface area (Å²) in [4.78, 5) is 19.3. The molecule has 61 heavy (non-hydrogen) atoms. The Balaban J connectivity index is -0.0000000378. The summed E-state index contributed by atoms with van der Waals surface area (Å²) in [6.07, 6.45) is -22.7. The van der Waals surface area contributed by atoms with E-state index in [1.807, 2.05) is 0 Å². The molecule has 0 spiro atoms. The molecule has 15 atom stereocenters. The summed E-state index contributed by atoms with van der Waals surface area (Å²) in [6, 6.07) is 0. The number of hydrogen-bond donors (Lipinski definition) is 15. The van der Waals surface area contributed by atoms with Gasteiger partial charge in [-0.2, -0.15) is 0 Å². The minimum Gasteiger partial charge on any atom is -0.813 e. The van der Waals surface area contributed by atoms with E-state index in [1.54, 1.807) is 0 Å². The summed E-state index contributed by atoms with van der Waals surface area (Å²) < 4.78 is 38.6. The van der Waals surface area contributed by atoms with E-state index in [-0.39, 0.29) is 355 Å². The van der Waals surface area contributed by atoms with Crippen LogP contribution in [0.5, 0.6) is 0 Å². The first-order valence-electron chi connectivity index (χ1n) is 13.8. The Morgan fingerprint density at radius 3 is 0.803 bits per heavy atom. The minimum absolute atomic E-state index is 0. The SMILES string of the molecule is C.C.C[C@H](O)[C@H](O)[C@@H](O)C=O.C[C@H](O)[C@H](O)[C@@H](O)[C@@H](O)C([S-](=O)=O)[S-](=O)=O.C[C@H](O)[C@H](O)[C@@H](O)[C@@H](O)C([S-])[S-].C[C@H](O)[C@H](O)[C@@H](O)[C@@H](O)C=O.[I][V]([I])[I].[Rb+].[Rb+].[Rb+].[Rb+].[Rb+].[SH-].[V]. The Kier molecular flexibility index (Phi) is 118. The van der Waals surface area contributed by atoms with Gasteiger partial charge in [-0.15, -0.1) is 0 Å². The maximum atomic E-state index is 10.5. The third-order valence-electron chi connectivity index (χ3n) is 5.64. The summed E-state index contributed by atoms with van der Waals surface area (Å²) in [7, 11) is -6.36. The van der Waals surface area contributed by atoms with Crippen molar-refractivity contribution in [1.82, 2.24) is 0 Å². The predicted octanol–water partition coefficient (Wildman–Crippen LogP) is -20.1. The monoisotopic (exact) mass is 1760 g/mol. The Labute approximate surface area is 674 Å². The molecule has 0 rings (SSSR count). The largest absolute Gasteiger partial charge is 1.00 e. The molecule has 0 fully saturated rings. The summed E-state index contributed by atoms with van der Waals surface area (Å²) in [5, 5.41) is 133. The van der Waals surface area contributed by atoms with E-state index < -0.39 is 122 Å². The second-order valence-corrected chi connectivity index (χ2v) is 49.1. The van der Waals surface area contributed by atoms with E-state index in [2.05, 4.69) is 85.2 Å². The third-order valence-corrected chi connectivity index (χ3v) is 8.46. The normalized spacial score (nSPS) is 17.1. The Morgan fingerprint density at radius 1 is 0.443 bits per heavy atom. The summed E-state index contributed by atoms with van der Waals surface area (Å²) in [5.41, 5.74) is 0. The number of rotatable bonds is 17. The van der Waals surface area contributed by atoms with Crippen LogP contribution in [0.1, 0.15) is 42.5 Å². The first-order chi connectivity index (χ1) is 23.4. The quantitative estimate of drug-likeness (QED) is 0.0278. The van der Waals surface area contributed by atoms with Crippen molar-refractivity contribution in [3.8, 4) is 0 Å². The average Bonchev–Trinajstić information content (AvgIpc) is 3.04. The third kappa shape index (κ3) is 61.2. The van der Waals surface area contributed by atoms with E-state index in [9.17, 15) is 36.6 Å². The van der Waals surface area contributed by atoms with Gasteiger partial charge in [-0.25, -0.2) is 0 Å². The minimum atomic E-state index is -3.18. The number of aldehydes is 2. The van der Waals surface area contributed by atoms with Crippen LogP contribution in [0.2, 0.25) is 0 Å². The van der Waals surface area contributed by atoms with Crippen LogP contribution in [0.25, 0.3) is 0 Å². The van der Waals surface area contributed by atoms with E-state index >= 15 is 0 Å². The van der Waals surface area contributed by atoms with Crippen LogP contribution >= 0.6 is 59.9 Å². The van der Waals surface area contributed by atoms with Gasteiger partial charge in [0.2, 0.25) is 0 Å². The smallest absolute Gasteiger partial charge is 0.813 e. The summed E-state index contributed by atoms with van der Waals surface area (Å²) in [6.45, 7) is 4.91. The number of carbonyl (C=O) groups is 2. The van der Waals surface area contributed by atoms with Crippen molar-refractivity contribution < 1.29 is 417 Å². The second-order valence-electron chi connectivity index (χ2n) is 10.1. The first kappa shape index (κ1) is 109. The van der Waals surface area contributed by atoms with Gasteiger partial charge in [-0.3, -0.25) is 4.58 Å². The molecule has 1 radical (unpaired) electrons. The molecule has 0 aliphatic rings. The van der Waals surface area contributed by atoms with Crippen LogP contribution in [0.4, 0.5) is 0 Å². The molecule has 0 aromatic rings. The Morgan fingerprint density at radius 2 is 0.639 bits per heavy atom. The number of thiol groups is 1. The van der Waals surface area contributed by atoms with E-state index in [0.717, 1.165) is 6.92 Å². The molecule has 0 saturated heterocycles. The number of aliphatic hydroxyl groups excluding tert-OH is 15. The van der Waals surface area contributed by atoms with Crippen LogP contribution < -0.4 is 291 Å². The summed E-state index contributed by atoms with van der Waals surface area (Å²) in [5.74, 6) is 0. The Hall–Kier alpha value is 12.1. The number of halogens is 3. The summed E-state index contributed by atoms with van der Waals surface area (Å²) >= 11 is 16.4. The van der Waals surface area contributed by atoms with Crippen molar-refractivity contribution in [2.45, 2.75) is 143 Å². The first-order valence-corrected chi connectivity index (χ1v) is 30.5. The molecule has 0 aliphatic carbocycles. The zero-order valence-corrected chi connectivity index (χ0v) is 71.2. The van der Waals surface area contributed by atoms with Gasteiger partial charge in [0.1, 0.15) is 54.9 Å². The van der Waals surface area contributed by atoms with Crippen LogP contribution in [-0.4, -0.2) is 190 Å². The van der Waals surface area contributed by atoms with E-state index in [1.165, 1.54) is 20.8 Å². The van der Waals surface area contributed by atoms with Crippen LogP contribution in [0.15, 0.2) is 0 Å². The van der Waals surface area contributed by atoms with Crippen molar-refractivity contribution >= 4 is 133 Å². The zero-order chi connectivity index (χ0) is 43.0. The predicted molar refractivity (Wildman–Crippen MR) is 229 cm³/mol. The van der Waals surface area contributed by atoms with Gasteiger partial charge in [0, 0.05) is 24.7 Å². The Bertz CT molecular complexity index is 1040. The molecule has 0 unspecified atom stereocenters. The van der Waals surface area contributed by atoms with Gasteiger partial charge in [0.05, 0.1) is 30.5 Å². The topological polar surface area (TPSA) is 406 Å². The maximum Gasteiger partial charge on any atom is 1.00 e. The molecular formula is C25H55I3O21Rb5S5V2. The van der Waals surface area contributed by atoms with Gasteiger partial charge in [-0.1, -0.05) is 40.8 Å². The average molecular weight is 1760 g/mol. The zero-order valence-electron chi connectivity index (χ0n) is 33.2. The van der Waals surface area contributed by atoms with Crippen LogP contribution in [0.3, 0.4) is 0 Å². The molecule has 0 bridgehead atoms. The number of carbonyl (C=O) groups excluding carboxylic acids is 2. The maximum absolute atomic E-state index is 10.5. The fourth-order valence-corrected chi connectivity index (χ4v) is 4.13. The van der Waals surface area contributed by atoms with Gasteiger partial charge in [0.25, 0.3) is 0 Å². The molecular weight excluding hydrogens is 1710 g/mol. The molecule has 0 heterocycles. The van der Waals surface area contributed by atoms with Crippen molar-refractivity contribution in [2.24, 2.45) is 0 Å². The van der Waals surface area contributed by atoms with E-state index in [0.29, 0.717) is 0 Å². The molecule has 21 nitrogen and oxygen atoms in total. The molecule has 0 aromatic heterocycles. The second kappa shape index (κ2) is 66.4. The molecule has 36 heteroatoms. The molecule has 15 N–H and O–H groups in total. The van der Waals surface area contributed by atoms with Crippen LogP contribution in [0, 0.1) is 0 Å². The van der Waals surface area contributed by atoms with E-state index in [4.69, 9.17) is 66.4 Å². The van der Waals surface area contributed by atoms with Gasteiger partial charge in [0.15, 0.2) is 12.6 Å². The number of hydrogen-bond acceptors (Lipinski definition) is 26. The van der Waals surface area contributed by atoms with Crippen LogP contribution in [-0.2, 0) is 110 Å². The fourth-order valence-electron chi connectivity index (χ4n) is 2.52. The standard InChI is InChI=1S/C6H12O8S2.C6H12O5.C6H14O4S2.C5H10O4.2CH4.3HI.5Rb.H2S.2V/c1-2(7)3(8)4(9)5(10)6(15(11)12)16(13)14;1-3(8)5(10)6(11)4(9)2-7;1-2(7)3(8)4(9)5(10)6(11)12;1-3(7)5(9)4(8)2-6;;;;;;;;;;;;;/h2-10H,1H3;2-6,8-11H,1H3;2-12H,1H3;2-5,7-9H,1H3;2*1H4;3*1H;;;;;;1H2;;/q-2;;;;;;;;;5*+1;;;+3/p-6/t2-,3-,4+,5+;3-,4-,5-,6-;2-,3-,4+,5+;3-,4-,5-;;;;;;;;;;;;;/m0000............./s1. The molecule has 0 saturated carbocycles. The molecule has 347 valence electrons. The van der Waals surface area contributed by atoms with Gasteiger partial charge >= 0.3 is 356 Å². The number of aliphatic hydroxyl groups is 15. The molecule has 0 aromatic carbocycles. The van der Waals surface area contributed by atoms with Gasteiger partial charge in [-0.05, 0) is 27.7 Å². The fraction of sp³-hybridized carbons (Fsp3) is 0.920.